The van der Waals surface area contributed by atoms with Crippen LogP contribution in [0.2, 0.25) is 0 Å². The predicted octanol–water partition coefficient (Wildman–Crippen LogP) is 6.36. The molecule has 2 N–H and O–H groups in total. The van der Waals surface area contributed by atoms with Gasteiger partial charge in [0.2, 0.25) is 11.3 Å². The third-order valence-electron chi connectivity index (χ3n) is 4.67. The van der Waals surface area contributed by atoms with Crippen LogP contribution in [0.1, 0.15) is 117 Å². The summed E-state index contributed by atoms with van der Waals surface area (Å²) in [4.78, 5) is 0. The summed E-state index contributed by atoms with van der Waals surface area (Å²) in [5, 5.41) is 0. The summed E-state index contributed by atoms with van der Waals surface area (Å²) in [7, 11) is 0. The van der Waals surface area contributed by atoms with E-state index in [0.29, 0.717) is 0 Å². The van der Waals surface area contributed by atoms with Crippen LogP contribution in [-0.2, 0) is 11.3 Å². The molecule has 0 fully saturated rings. The first-order valence-corrected chi connectivity index (χ1v) is 11.2. The van der Waals surface area contributed by atoms with E-state index >= 15 is 0 Å². The lowest BCUT2D eigenvalue weighted by Crippen LogP contribution is -2.29. The molecule has 0 aliphatic carbocycles. The van der Waals surface area contributed by atoms with E-state index in [-0.39, 0.29) is 6.04 Å². The number of rotatable bonds is 18. The van der Waals surface area contributed by atoms with E-state index in [2.05, 4.69) is 18.6 Å². The Morgan fingerprint density at radius 1 is 0.739 bits per heavy atom. The minimum atomic E-state index is -1.86. The molecule has 0 aromatic carbocycles. The van der Waals surface area contributed by atoms with Gasteiger partial charge >= 0.3 is 0 Å². The van der Waals surface area contributed by atoms with Crippen LogP contribution in [0.5, 0.6) is 0 Å². The number of hydrogen-bond acceptors (Lipinski definition) is 1. The van der Waals surface area contributed by atoms with E-state index in [1.54, 1.807) is 0 Å². The number of hydrogen-bond donors (Lipinski definition) is 2. The fourth-order valence-electron chi connectivity index (χ4n) is 3.07. The fraction of sp³-hybridized carbons (Fsp3) is 1.00. The first-order chi connectivity index (χ1) is 11.2. The zero-order valence-electron chi connectivity index (χ0n) is 15.7. The zero-order valence-corrected chi connectivity index (χ0v) is 16.5. The van der Waals surface area contributed by atoms with Crippen molar-refractivity contribution < 1.29 is 8.76 Å². The Morgan fingerprint density at radius 3 is 1.48 bits per heavy atom. The van der Waals surface area contributed by atoms with Crippen LogP contribution in [0.3, 0.4) is 0 Å². The highest BCUT2D eigenvalue weighted by Crippen LogP contribution is 2.14. The summed E-state index contributed by atoms with van der Waals surface area (Å²) in [6, 6.07) is 0.193. The Bertz CT molecular complexity index is 262. The van der Waals surface area contributed by atoms with Crippen molar-refractivity contribution in [2.24, 2.45) is 0 Å². The molecular formula is C19H41NO2S. The van der Waals surface area contributed by atoms with Gasteiger partial charge in [0.15, 0.2) is 0 Å². The molecule has 0 spiro atoms. The summed E-state index contributed by atoms with van der Waals surface area (Å²) in [6.07, 6.45) is 21.1. The first-order valence-electron chi connectivity index (χ1n) is 10.1. The molecule has 0 amide bonds. The molecule has 2 unspecified atom stereocenters. The highest BCUT2D eigenvalue weighted by atomic mass is 32.2. The van der Waals surface area contributed by atoms with Gasteiger partial charge in [-0.15, -0.1) is 0 Å². The summed E-state index contributed by atoms with van der Waals surface area (Å²) in [5.41, 5.74) is 0. The monoisotopic (exact) mass is 347 g/mol. The van der Waals surface area contributed by atoms with Gasteiger partial charge < -0.3 is 0 Å². The smallest absolute Gasteiger partial charge is 0.231 e. The fourth-order valence-corrected chi connectivity index (χ4v) is 3.64. The average molecular weight is 348 g/mol. The van der Waals surface area contributed by atoms with Gasteiger partial charge in [0.25, 0.3) is 0 Å². The van der Waals surface area contributed by atoms with Gasteiger partial charge in [-0.3, -0.25) is 4.55 Å². The second-order valence-corrected chi connectivity index (χ2v) is 7.59. The third kappa shape index (κ3) is 18.3. The summed E-state index contributed by atoms with van der Waals surface area (Å²) in [5.74, 6) is 0. The molecule has 0 aromatic rings. The van der Waals surface area contributed by atoms with Crippen molar-refractivity contribution in [3.8, 4) is 0 Å². The third-order valence-corrected chi connectivity index (χ3v) is 5.20. The van der Waals surface area contributed by atoms with Crippen molar-refractivity contribution in [2.45, 2.75) is 123 Å². The Labute approximate surface area is 147 Å². The average Bonchev–Trinajstić information content (AvgIpc) is 2.53. The van der Waals surface area contributed by atoms with Crippen LogP contribution in [-0.4, -0.2) is 14.8 Å². The molecule has 4 heteroatoms. The lowest BCUT2D eigenvalue weighted by molar-refractivity contribution is 0.472. The normalized spacial score (nSPS) is 14.0. The maximum Gasteiger partial charge on any atom is 0.231 e. The maximum atomic E-state index is 10.7. The van der Waals surface area contributed by atoms with Crippen molar-refractivity contribution in [1.29, 1.82) is 0 Å². The number of nitrogens with one attached hydrogen (secondary N) is 1. The second kappa shape index (κ2) is 18.4. The van der Waals surface area contributed by atoms with Gasteiger partial charge in [0.05, 0.1) is 0 Å². The van der Waals surface area contributed by atoms with E-state index in [1.165, 1.54) is 89.9 Å². The van der Waals surface area contributed by atoms with Crippen LogP contribution < -0.4 is 4.72 Å². The van der Waals surface area contributed by atoms with Crippen molar-refractivity contribution in [3.05, 3.63) is 0 Å². The SMILES string of the molecule is CCCCCCCCCCCCCCCCC(CC)NS(=O)O. The van der Waals surface area contributed by atoms with Crippen molar-refractivity contribution in [3.63, 3.8) is 0 Å². The topological polar surface area (TPSA) is 49.3 Å². The molecule has 0 aromatic heterocycles. The van der Waals surface area contributed by atoms with Crippen LogP contribution in [0.25, 0.3) is 0 Å². The van der Waals surface area contributed by atoms with Gasteiger partial charge in [-0.2, -0.15) is 0 Å². The van der Waals surface area contributed by atoms with Crippen LogP contribution in [0.4, 0.5) is 0 Å². The molecule has 0 saturated carbocycles. The predicted molar refractivity (Wildman–Crippen MR) is 103 cm³/mol. The molecule has 3 nitrogen and oxygen atoms in total. The highest BCUT2D eigenvalue weighted by Gasteiger charge is 2.07. The Hall–Kier alpha value is 0.0700. The molecule has 23 heavy (non-hydrogen) atoms. The summed E-state index contributed by atoms with van der Waals surface area (Å²) < 4.78 is 22.3. The minimum absolute atomic E-state index is 0.193. The lowest BCUT2D eigenvalue weighted by atomic mass is 10.0. The van der Waals surface area contributed by atoms with Gasteiger partial charge in [0, 0.05) is 6.04 Å². The standard InChI is InChI=1S/C19H41NO2S/c1-3-5-6-7-8-9-10-11-12-13-14-15-16-17-18-19(4-2)20-23(21)22/h19-20H,3-18H2,1-2H3,(H,21,22). The summed E-state index contributed by atoms with van der Waals surface area (Å²) in [6.45, 7) is 4.34. The Balaban J connectivity index is 3.17. The molecule has 140 valence electrons. The Kier molecular flexibility index (Phi) is 18.5. The second-order valence-electron chi connectivity index (χ2n) is 6.86. The highest BCUT2D eigenvalue weighted by molar-refractivity contribution is 7.77. The molecule has 0 aliphatic heterocycles. The van der Waals surface area contributed by atoms with E-state index in [0.717, 1.165) is 12.8 Å². The van der Waals surface area contributed by atoms with Crippen molar-refractivity contribution in [2.75, 3.05) is 0 Å². The van der Waals surface area contributed by atoms with E-state index in [1.807, 2.05) is 0 Å². The van der Waals surface area contributed by atoms with E-state index < -0.39 is 11.3 Å². The van der Waals surface area contributed by atoms with Gasteiger partial charge in [-0.25, -0.2) is 8.93 Å². The van der Waals surface area contributed by atoms with Gasteiger partial charge in [-0.1, -0.05) is 104 Å². The molecule has 0 rings (SSSR count). The summed E-state index contributed by atoms with van der Waals surface area (Å²) >= 11 is -1.86. The molecule has 0 saturated heterocycles. The van der Waals surface area contributed by atoms with Gasteiger partial charge in [0.1, 0.15) is 0 Å². The quantitative estimate of drug-likeness (QED) is 0.224. The van der Waals surface area contributed by atoms with E-state index in [4.69, 9.17) is 4.55 Å². The largest absolute Gasteiger partial charge is 0.294 e. The molecular weight excluding hydrogens is 306 g/mol. The van der Waals surface area contributed by atoms with Crippen molar-refractivity contribution in [1.82, 2.24) is 4.72 Å². The molecule has 0 radical (unpaired) electrons. The zero-order chi connectivity index (χ0) is 17.2. The Morgan fingerprint density at radius 2 is 1.13 bits per heavy atom. The molecule has 2 atom stereocenters. The van der Waals surface area contributed by atoms with Crippen LogP contribution in [0.15, 0.2) is 0 Å². The molecule has 0 bridgehead atoms. The first kappa shape index (κ1) is 23.1. The van der Waals surface area contributed by atoms with Crippen LogP contribution >= 0.6 is 0 Å². The lowest BCUT2D eigenvalue weighted by Gasteiger charge is -2.13. The maximum absolute atomic E-state index is 10.7. The minimum Gasteiger partial charge on any atom is -0.294 e. The van der Waals surface area contributed by atoms with Crippen LogP contribution in [0, 0.1) is 0 Å². The van der Waals surface area contributed by atoms with E-state index in [9.17, 15) is 4.21 Å². The van der Waals surface area contributed by atoms with Gasteiger partial charge in [-0.05, 0) is 12.8 Å². The molecule has 0 aliphatic rings. The van der Waals surface area contributed by atoms with Crippen molar-refractivity contribution >= 4 is 11.3 Å². The number of unbranched alkanes of at least 4 members (excludes halogenated alkanes) is 13. The molecule has 0 heterocycles.